The van der Waals surface area contributed by atoms with Gasteiger partial charge >= 0.3 is 0 Å². The van der Waals surface area contributed by atoms with Gasteiger partial charge in [0, 0.05) is 23.2 Å². The van der Waals surface area contributed by atoms with Gasteiger partial charge in [-0.15, -0.1) is 11.3 Å². The van der Waals surface area contributed by atoms with E-state index in [0.29, 0.717) is 10.7 Å². The van der Waals surface area contributed by atoms with Crippen molar-refractivity contribution in [2.45, 2.75) is 68.9 Å². The smallest absolute Gasteiger partial charge is 0.254 e. The highest BCUT2D eigenvalue weighted by Gasteiger charge is 2.57. The van der Waals surface area contributed by atoms with Crippen molar-refractivity contribution in [2.75, 3.05) is 5.32 Å². The van der Waals surface area contributed by atoms with Crippen molar-refractivity contribution in [1.82, 2.24) is 9.88 Å². The van der Waals surface area contributed by atoms with Crippen molar-refractivity contribution in [2.24, 2.45) is 0 Å². The summed E-state index contributed by atoms with van der Waals surface area (Å²) in [5.41, 5.74) is 1.19. The van der Waals surface area contributed by atoms with E-state index in [1.807, 2.05) is 29.6 Å². The van der Waals surface area contributed by atoms with Gasteiger partial charge in [-0.3, -0.25) is 9.59 Å². The van der Waals surface area contributed by atoms with Crippen LogP contribution < -0.4 is 5.32 Å². The van der Waals surface area contributed by atoms with Gasteiger partial charge in [0.1, 0.15) is 0 Å². The Kier molecular flexibility index (Phi) is 4.46. The third kappa shape index (κ3) is 2.69. The molecule has 146 valence electrons. The predicted octanol–water partition coefficient (Wildman–Crippen LogP) is 4.58. The maximum atomic E-state index is 13.6. The standard InChI is InChI=1S/C22H25N3O2S/c26-19(24-21-23-13-14-28-21)18-16-9-3-4-10-17(16)20(27)25(15-7-1-2-8-15)22(18)11-5-6-12-22/h3-4,9-10,13-15,18H,1-2,5-8,11-12H2,(H,23,24,26)/t18-/m1/s1. The molecule has 2 fully saturated rings. The highest BCUT2D eigenvalue weighted by atomic mass is 32.1. The van der Waals surface area contributed by atoms with Crippen molar-refractivity contribution in [3.63, 3.8) is 0 Å². The van der Waals surface area contributed by atoms with Crippen LogP contribution >= 0.6 is 11.3 Å². The molecule has 1 aromatic heterocycles. The molecule has 2 aromatic rings. The lowest BCUT2D eigenvalue weighted by Gasteiger charge is -2.52. The van der Waals surface area contributed by atoms with Crippen LogP contribution in [0.2, 0.25) is 0 Å². The molecule has 0 radical (unpaired) electrons. The number of carbonyl (C=O) groups excluding carboxylic acids is 2. The average molecular weight is 396 g/mol. The molecule has 2 amide bonds. The Morgan fingerprint density at radius 1 is 1.14 bits per heavy atom. The Labute approximate surface area is 169 Å². The number of hydrogen-bond acceptors (Lipinski definition) is 4. The van der Waals surface area contributed by atoms with Gasteiger partial charge in [0.15, 0.2) is 5.13 Å². The number of amides is 2. The van der Waals surface area contributed by atoms with Gasteiger partial charge in [-0.2, -0.15) is 0 Å². The van der Waals surface area contributed by atoms with E-state index in [0.717, 1.165) is 44.1 Å². The summed E-state index contributed by atoms with van der Waals surface area (Å²) < 4.78 is 0. The van der Waals surface area contributed by atoms with Gasteiger partial charge in [0.05, 0.1) is 11.5 Å². The minimum atomic E-state index is -0.401. The zero-order chi connectivity index (χ0) is 19.1. The highest BCUT2D eigenvalue weighted by Crippen LogP contribution is 2.52. The third-order valence-electron chi connectivity index (χ3n) is 6.82. The van der Waals surface area contributed by atoms with Crippen LogP contribution in [0.4, 0.5) is 5.13 Å². The first-order valence-electron chi connectivity index (χ1n) is 10.3. The van der Waals surface area contributed by atoms with Crippen molar-refractivity contribution < 1.29 is 9.59 Å². The van der Waals surface area contributed by atoms with Crippen LogP contribution in [0, 0.1) is 0 Å². The van der Waals surface area contributed by atoms with Crippen LogP contribution in [0.1, 0.15) is 73.2 Å². The molecular formula is C22H25N3O2S. The fraction of sp³-hybridized carbons (Fsp3) is 0.500. The van der Waals surface area contributed by atoms with Crippen LogP contribution in [0.25, 0.3) is 0 Å². The van der Waals surface area contributed by atoms with Gasteiger partial charge in [-0.25, -0.2) is 4.98 Å². The molecule has 0 unspecified atom stereocenters. The van der Waals surface area contributed by atoms with Crippen LogP contribution in [0.5, 0.6) is 0 Å². The number of fused-ring (bicyclic) bond motifs is 1. The predicted molar refractivity (Wildman–Crippen MR) is 110 cm³/mol. The monoisotopic (exact) mass is 395 g/mol. The number of nitrogens with zero attached hydrogens (tertiary/aromatic N) is 2. The Morgan fingerprint density at radius 3 is 2.61 bits per heavy atom. The topological polar surface area (TPSA) is 62.3 Å². The van der Waals surface area contributed by atoms with E-state index in [1.165, 1.54) is 24.2 Å². The van der Waals surface area contributed by atoms with E-state index < -0.39 is 5.54 Å². The summed E-state index contributed by atoms with van der Waals surface area (Å²) >= 11 is 1.43. The van der Waals surface area contributed by atoms with Crippen molar-refractivity contribution in [1.29, 1.82) is 0 Å². The summed E-state index contributed by atoms with van der Waals surface area (Å²) in [6.07, 6.45) is 10.1. The molecule has 0 bridgehead atoms. The normalized spacial score (nSPS) is 23.9. The second kappa shape index (κ2) is 6.99. The quantitative estimate of drug-likeness (QED) is 0.828. The molecule has 1 aromatic carbocycles. The molecule has 1 spiro atoms. The Hall–Kier alpha value is -2.21. The average Bonchev–Trinajstić information content (AvgIpc) is 3.46. The first-order valence-corrected chi connectivity index (χ1v) is 11.2. The molecule has 0 saturated heterocycles. The van der Waals surface area contributed by atoms with Crippen molar-refractivity contribution in [3.05, 3.63) is 47.0 Å². The minimum Gasteiger partial charge on any atom is -0.329 e. The summed E-state index contributed by atoms with van der Waals surface area (Å²) in [6.45, 7) is 0. The molecule has 1 aliphatic heterocycles. The van der Waals surface area contributed by atoms with E-state index >= 15 is 0 Å². The largest absolute Gasteiger partial charge is 0.329 e. The van der Waals surface area contributed by atoms with Gasteiger partial charge < -0.3 is 10.2 Å². The van der Waals surface area contributed by atoms with E-state index in [9.17, 15) is 9.59 Å². The molecule has 2 saturated carbocycles. The Balaban J connectivity index is 1.64. The molecule has 3 aliphatic rings. The van der Waals surface area contributed by atoms with Crippen LogP contribution in [-0.4, -0.2) is 33.3 Å². The molecule has 28 heavy (non-hydrogen) atoms. The number of anilines is 1. The lowest BCUT2D eigenvalue weighted by molar-refractivity contribution is -0.121. The van der Waals surface area contributed by atoms with Crippen LogP contribution in [0.15, 0.2) is 35.8 Å². The van der Waals surface area contributed by atoms with E-state index in [2.05, 4.69) is 15.2 Å². The molecule has 1 atom stereocenters. The minimum absolute atomic E-state index is 0.0280. The number of thiazole rings is 1. The molecule has 2 heterocycles. The summed E-state index contributed by atoms with van der Waals surface area (Å²) in [5, 5.41) is 5.53. The molecule has 5 rings (SSSR count). The number of aromatic nitrogens is 1. The van der Waals surface area contributed by atoms with Crippen LogP contribution in [0.3, 0.4) is 0 Å². The molecule has 2 aliphatic carbocycles. The van der Waals surface area contributed by atoms with Gasteiger partial charge in [-0.1, -0.05) is 43.9 Å². The number of hydrogen-bond donors (Lipinski definition) is 1. The maximum absolute atomic E-state index is 13.6. The summed E-state index contributed by atoms with van der Waals surface area (Å²) in [5.74, 6) is -0.240. The maximum Gasteiger partial charge on any atom is 0.254 e. The summed E-state index contributed by atoms with van der Waals surface area (Å²) in [7, 11) is 0. The first-order chi connectivity index (χ1) is 13.7. The number of benzene rings is 1. The van der Waals surface area contributed by atoms with Gasteiger partial charge in [0.2, 0.25) is 5.91 Å². The Morgan fingerprint density at radius 2 is 1.89 bits per heavy atom. The third-order valence-corrected chi connectivity index (χ3v) is 7.51. The van der Waals surface area contributed by atoms with E-state index in [1.54, 1.807) is 6.20 Å². The second-order valence-corrected chi connectivity index (χ2v) is 9.17. The van der Waals surface area contributed by atoms with E-state index in [4.69, 9.17) is 0 Å². The zero-order valence-corrected chi connectivity index (χ0v) is 16.7. The summed E-state index contributed by atoms with van der Waals surface area (Å²) in [6, 6.07) is 7.99. The fourth-order valence-electron chi connectivity index (χ4n) is 5.76. The lowest BCUT2D eigenvalue weighted by atomic mass is 9.70. The number of nitrogens with one attached hydrogen (secondary N) is 1. The summed E-state index contributed by atoms with van der Waals surface area (Å²) in [4.78, 5) is 33.6. The molecule has 5 nitrogen and oxygen atoms in total. The van der Waals surface area contributed by atoms with Gasteiger partial charge in [-0.05, 0) is 37.3 Å². The second-order valence-electron chi connectivity index (χ2n) is 8.27. The fourth-order valence-corrected chi connectivity index (χ4v) is 6.29. The van der Waals surface area contributed by atoms with Crippen molar-refractivity contribution >= 4 is 28.3 Å². The highest BCUT2D eigenvalue weighted by molar-refractivity contribution is 7.13. The van der Waals surface area contributed by atoms with Crippen LogP contribution in [-0.2, 0) is 4.79 Å². The SMILES string of the molecule is O=C(Nc1nccs1)[C@H]1c2ccccc2C(=O)N(C2CCCC2)C12CCCC2. The number of carbonyl (C=O) groups is 2. The van der Waals surface area contributed by atoms with Gasteiger partial charge in [0.25, 0.3) is 5.91 Å². The zero-order valence-electron chi connectivity index (χ0n) is 15.9. The molecular weight excluding hydrogens is 370 g/mol. The van der Waals surface area contributed by atoms with Crippen molar-refractivity contribution in [3.8, 4) is 0 Å². The Bertz CT molecular complexity index is 883. The molecule has 6 heteroatoms. The first kappa shape index (κ1) is 17.9. The van der Waals surface area contributed by atoms with E-state index in [-0.39, 0.29) is 23.8 Å². The lowest BCUT2D eigenvalue weighted by Crippen LogP contribution is -2.62. The number of rotatable bonds is 3. The molecule has 1 N–H and O–H groups in total.